The second kappa shape index (κ2) is 4.60. The molecule has 0 amide bonds. The van der Waals surface area contributed by atoms with Crippen LogP contribution in [0.4, 0.5) is 11.4 Å². The highest BCUT2D eigenvalue weighted by Crippen LogP contribution is 2.47. The first kappa shape index (κ1) is 14.2. The van der Waals surface area contributed by atoms with E-state index in [4.69, 9.17) is 4.74 Å². The Hall–Kier alpha value is -1.80. The summed E-state index contributed by atoms with van der Waals surface area (Å²) < 4.78 is 6.20. The van der Waals surface area contributed by atoms with Gasteiger partial charge in [-0.15, -0.1) is 0 Å². The Labute approximate surface area is 127 Å². The number of nitrogens with one attached hydrogen (secondary N) is 1. The van der Waals surface area contributed by atoms with Crippen LogP contribution < -0.4 is 5.32 Å². The summed E-state index contributed by atoms with van der Waals surface area (Å²) in [5.74, 6) is 0. The fraction of sp³-hybridized carbons (Fsp3) is 0.368. The lowest BCUT2D eigenvalue weighted by atomic mass is 9.90. The van der Waals surface area contributed by atoms with Crippen LogP contribution in [0.2, 0.25) is 0 Å². The number of hydrogen-bond acceptors (Lipinski definition) is 2. The first-order valence-corrected chi connectivity index (χ1v) is 7.47. The van der Waals surface area contributed by atoms with E-state index in [1.54, 1.807) is 0 Å². The van der Waals surface area contributed by atoms with Crippen LogP contribution in [0.15, 0.2) is 42.5 Å². The summed E-state index contributed by atoms with van der Waals surface area (Å²) >= 11 is 0. The maximum atomic E-state index is 6.20. The topological polar surface area (TPSA) is 21.3 Å². The molecule has 1 N–H and O–H groups in total. The molecule has 2 aromatic carbocycles. The molecule has 3 rings (SSSR count). The summed E-state index contributed by atoms with van der Waals surface area (Å²) in [5.41, 5.74) is 5.56. The zero-order valence-electron chi connectivity index (χ0n) is 13.4. The molecule has 2 aromatic rings. The van der Waals surface area contributed by atoms with Crippen LogP contribution in [-0.2, 0) is 15.9 Å². The van der Waals surface area contributed by atoms with Crippen molar-refractivity contribution < 1.29 is 4.74 Å². The van der Waals surface area contributed by atoms with Crippen molar-refractivity contribution in [1.29, 1.82) is 0 Å². The highest BCUT2D eigenvalue weighted by molar-refractivity contribution is 5.62. The summed E-state index contributed by atoms with van der Waals surface area (Å²) in [6, 6.07) is 15.0. The summed E-state index contributed by atoms with van der Waals surface area (Å²) in [7, 11) is 0. The standard InChI is InChI=1S/C19H23NO/c1-13-6-8-14(9-7-13)20-15-10-11-16-17(12-15)19(4,5)21-18(16,2)3/h6-12,20H,1-5H3. The largest absolute Gasteiger partial charge is 0.360 e. The van der Waals surface area contributed by atoms with Gasteiger partial charge in [-0.25, -0.2) is 0 Å². The Balaban J connectivity index is 1.95. The van der Waals surface area contributed by atoms with Crippen molar-refractivity contribution in [3.05, 3.63) is 59.2 Å². The van der Waals surface area contributed by atoms with Gasteiger partial charge in [-0.3, -0.25) is 0 Å². The van der Waals surface area contributed by atoms with Gasteiger partial charge in [-0.05, 0) is 70.0 Å². The molecule has 0 aliphatic carbocycles. The molecule has 0 fully saturated rings. The maximum Gasteiger partial charge on any atom is 0.0891 e. The van der Waals surface area contributed by atoms with Crippen LogP contribution >= 0.6 is 0 Å². The second-order valence-corrected chi connectivity index (χ2v) is 6.87. The molecule has 21 heavy (non-hydrogen) atoms. The van der Waals surface area contributed by atoms with Crippen molar-refractivity contribution >= 4 is 11.4 Å². The molecule has 0 radical (unpaired) electrons. The molecule has 0 unspecified atom stereocenters. The van der Waals surface area contributed by atoms with E-state index in [1.165, 1.54) is 16.7 Å². The Bertz CT molecular complexity index is 668. The minimum absolute atomic E-state index is 0.221. The molecule has 1 aliphatic heterocycles. The smallest absolute Gasteiger partial charge is 0.0891 e. The Kier molecular flexibility index (Phi) is 3.10. The van der Waals surface area contributed by atoms with E-state index in [-0.39, 0.29) is 11.2 Å². The average molecular weight is 281 g/mol. The van der Waals surface area contributed by atoms with E-state index in [2.05, 4.69) is 82.4 Å². The van der Waals surface area contributed by atoms with Gasteiger partial charge < -0.3 is 10.1 Å². The first-order valence-electron chi connectivity index (χ1n) is 7.47. The second-order valence-electron chi connectivity index (χ2n) is 6.87. The first-order chi connectivity index (χ1) is 9.78. The molecule has 0 saturated heterocycles. The van der Waals surface area contributed by atoms with E-state index < -0.39 is 0 Å². The highest BCUT2D eigenvalue weighted by atomic mass is 16.5. The minimum atomic E-state index is -0.246. The SMILES string of the molecule is Cc1ccc(Nc2ccc3c(c2)C(C)(C)OC3(C)C)cc1. The minimum Gasteiger partial charge on any atom is -0.360 e. The quantitative estimate of drug-likeness (QED) is 0.813. The average Bonchev–Trinajstić information content (AvgIpc) is 2.58. The maximum absolute atomic E-state index is 6.20. The van der Waals surface area contributed by atoms with Gasteiger partial charge in [-0.1, -0.05) is 23.8 Å². The van der Waals surface area contributed by atoms with Crippen molar-refractivity contribution in [2.24, 2.45) is 0 Å². The summed E-state index contributed by atoms with van der Waals surface area (Å²) in [4.78, 5) is 0. The lowest BCUT2D eigenvalue weighted by molar-refractivity contribution is -0.105. The molecule has 0 bridgehead atoms. The van der Waals surface area contributed by atoms with Gasteiger partial charge in [0.05, 0.1) is 11.2 Å². The molecule has 0 saturated carbocycles. The molecular weight excluding hydrogens is 258 g/mol. The third kappa shape index (κ3) is 2.56. The van der Waals surface area contributed by atoms with Crippen LogP contribution in [0, 0.1) is 6.92 Å². The Morgan fingerprint density at radius 1 is 0.762 bits per heavy atom. The zero-order chi connectivity index (χ0) is 15.3. The van der Waals surface area contributed by atoms with Gasteiger partial charge in [0.1, 0.15) is 0 Å². The molecule has 0 atom stereocenters. The monoisotopic (exact) mass is 281 g/mol. The van der Waals surface area contributed by atoms with E-state index in [9.17, 15) is 0 Å². The lowest BCUT2D eigenvalue weighted by Gasteiger charge is -2.24. The van der Waals surface area contributed by atoms with Gasteiger partial charge in [0.25, 0.3) is 0 Å². The fourth-order valence-corrected chi connectivity index (χ4v) is 3.20. The van der Waals surface area contributed by atoms with Crippen molar-refractivity contribution in [3.63, 3.8) is 0 Å². The molecule has 0 spiro atoms. The van der Waals surface area contributed by atoms with Crippen molar-refractivity contribution in [1.82, 2.24) is 0 Å². The molecule has 1 heterocycles. The number of hydrogen-bond donors (Lipinski definition) is 1. The van der Waals surface area contributed by atoms with Gasteiger partial charge in [0.15, 0.2) is 0 Å². The number of ether oxygens (including phenoxy) is 1. The molecule has 110 valence electrons. The number of aryl methyl sites for hydroxylation is 1. The fourth-order valence-electron chi connectivity index (χ4n) is 3.20. The highest BCUT2D eigenvalue weighted by Gasteiger charge is 2.42. The number of benzene rings is 2. The third-order valence-corrected chi connectivity index (χ3v) is 4.17. The van der Waals surface area contributed by atoms with Crippen LogP contribution in [0.3, 0.4) is 0 Å². The van der Waals surface area contributed by atoms with Crippen molar-refractivity contribution in [2.45, 2.75) is 45.8 Å². The van der Waals surface area contributed by atoms with Gasteiger partial charge >= 0.3 is 0 Å². The van der Waals surface area contributed by atoms with E-state index in [1.807, 2.05) is 0 Å². The predicted molar refractivity (Wildman–Crippen MR) is 88.0 cm³/mol. The van der Waals surface area contributed by atoms with Crippen LogP contribution in [0.25, 0.3) is 0 Å². The summed E-state index contributed by atoms with van der Waals surface area (Å²) in [6.07, 6.45) is 0. The Morgan fingerprint density at radius 2 is 1.33 bits per heavy atom. The molecule has 0 aromatic heterocycles. The molecule has 1 aliphatic rings. The van der Waals surface area contributed by atoms with Gasteiger partial charge in [0, 0.05) is 11.4 Å². The zero-order valence-corrected chi connectivity index (χ0v) is 13.4. The van der Waals surface area contributed by atoms with E-state index >= 15 is 0 Å². The molecule has 2 heteroatoms. The van der Waals surface area contributed by atoms with E-state index in [0.717, 1.165) is 11.4 Å². The van der Waals surface area contributed by atoms with Crippen molar-refractivity contribution in [3.8, 4) is 0 Å². The summed E-state index contributed by atoms with van der Waals surface area (Å²) in [5, 5.41) is 3.47. The summed E-state index contributed by atoms with van der Waals surface area (Å²) in [6.45, 7) is 10.6. The van der Waals surface area contributed by atoms with Gasteiger partial charge in [0.2, 0.25) is 0 Å². The van der Waals surface area contributed by atoms with Crippen LogP contribution in [0.1, 0.15) is 44.4 Å². The number of rotatable bonds is 2. The van der Waals surface area contributed by atoms with Crippen LogP contribution in [-0.4, -0.2) is 0 Å². The normalized spacial score (nSPS) is 18.3. The molecule has 2 nitrogen and oxygen atoms in total. The predicted octanol–water partition coefficient (Wildman–Crippen LogP) is 5.24. The number of fused-ring (bicyclic) bond motifs is 1. The lowest BCUT2D eigenvalue weighted by Crippen LogP contribution is -2.22. The van der Waals surface area contributed by atoms with E-state index in [0.29, 0.717) is 0 Å². The molecular formula is C19H23NO. The van der Waals surface area contributed by atoms with Crippen LogP contribution in [0.5, 0.6) is 0 Å². The number of anilines is 2. The third-order valence-electron chi connectivity index (χ3n) is 4.17. The van der Waals surface area contributed by atoms with Crippen molar-refractivity contribution in [2.75, 3.05) is 5.32 Å². The Morgan fingerprint density at radius 3 is 2.00 bits per heavy atom. The van der Waals surface area contributed by atoms with Gasteiger partial charge in [-0.2, -0.15) is 0 Å².